The molecule has 21 heavy (non-hydrogen) atoms. The summed E-state index contributed by atoms with van der Waals surface area (Å²) in [7, 11) is 0. The maximum atomic E-state index is 6.07. The molecule has 1 fully saturated rings. The fourth-order valence-corrected chi connectivity index (χ4v) is 4.42. The van der Waals surface area contributed by atoms with Gasteiger partial charge in [-0.05, 0) is 43.9 Å². The lowest BCUT2D eigenvalue weighted by Crippen LogP contribution is -2.24. The summed E-state index contributed by atoms with van der Waals surface area (Å²) < 4.78 is 1.04. The van der Waals surface area contributed by atoms with E-state index >= 15 is 0 Å². The third-order valence-corrected chi connectivity index (χ3v) is 5.74. The van der Waals surface area contributed by atoms with Crippen molar-refractivity contribution in [3.8, 4) is 0 Å². The normalized spacial score (nSPS) is 16.2. The molecule has 2 nitrogen and oxygen atoms in total. The zero-order chi connectivity index (χ0) is 15.0. The lowest BCUT2D eigenvalue weighted by Gasteiger charge is -2.18. The van der Waals surface area contributed by atoms with Crippen molar-refractivity contribution in [2.75, 3.05) is 0 Å². The molecule has 1 aromatic carbocycles. The van der Waals surface area contributed by atoms with Crippen molar-refractivity contribution < 1.29 is 0 Å². The van der Waals surface area contributed by atoms with Gasteiger partial charge in [0.2, 0.25) is 0 Å². The second-order valence-corrected chi connectivity index (χ2v) is 7.97. The Kier molecular flexibility index (Phi) is 4.69. The first-order valence-electron chi connectivity index (χ1n) is 7.25. The van der Waals surface area contributed by atoms with Crippen molar-refractivity contribution in [3.63, 3.8) is 0 Å². The van der Waals surface area contributed by atoms with E-state index in [2.05, 4.69) is 41.2 Å². The number of hydrogen-bond acceptors (Lipinski definition) is 3. The fourth-order valence-electron chi connectivity index (χ4n) is 2.42. The van der Waals surface area contributed by atoms with Crippen LogP contribution in [0.1, 0.15) is 46.9 Å². The van der Waals surface area contributed by atoms with E-state index in [0.717, 1.165) is 20.9 Å². The van der Waals surface area contributed by atoms with Crippen LogP contribution in [0.3, 0.4) is 0 Å². The summed E-state index contributed by atoms with van der Waals surface area (Å²) in [6.07, 6.45) is 3.50. The van der Waals surface area contributed by atoms with Gasteiger partial charge in [0.15, 0.2) is 0 Å². The van der Waals surface area contributed by atoms with E-state index in [4.69, 9.17) is 16.6 Å². The van der Waals surface area contributed by atoms with Crippen molar-refractivity contribution in [1.29, 1.82) is 0 Å². The van der Waals surface area contributed by atoms with E-state index in [1.54, 1.807) is 11.3 Å². The number of benzene rings is 1. The molecule has 0 bridgehead atoms. The van der Waals surface area contributed by atoms with E-state index in [1.807, 2.05) is 12.1 Å². The predicted octanol–water partition coefficient (Wildman–Crippen LogP) is 5.27. The summed E-state index contributed by atoms with van der Waals surface area (Å²) in [5.74, 6) is 0. The second kappa shape index (κ2) is 6.37. The first-order valence-corrected chi connectivity index (χ1v) is 9.24. The van der Waals surface area contributed by atoms with Gasteiger partial charge in [-0.1, -0.05) is 40.5 Å². The van der Waals surface area contributed by atoms with Crippen molar-refractivity contribution >= 4 is 38.9 Å². The highest BCUT2D eigenvalue weighted by atomic mass is 79.9. The van der Waals surface area contributed by atoms with Gasteiger partial charge in [0.25, 0.3) is 0 Å². The Morgan fingerprint density at radius 3 is 2.81 bits per heavy atom. The van der Waals surface area contributed by atoms with Crippen LogP contribution in [-0.4, -0.2) is 11.0 Å². The number of rotatable bonds is 5. The van der Waals surface area contributed by atoms with Gasteiger partial charge in [-0.2, -0.15) is 0 Å². The molecule has 3 rings (SSSR count). The molecule has 112 valence electrons. The smallest absolute Gasteiger partial charge is 0.115 e. The zero-order valence-electron chi connectivity index (χ0n) is 12.1. The summed E-state index contributed by atoms with van der Waals surface area (Å²) in [5, 5.41) is 5.63. The molecule has 5 heteroatoms. The van der Waals surface area contributed by atoms with Crippen LogP contribution >= 0.6 is 38.9 Å². The monoisotopic (exact) mass is 384 g/mol. The lowest BCUT2D eigenvalue weighted by atomic mass is 10.1. The Bertz CT molecular complexity index is 652. The molecule has 1 saturated carbocycles. The molecule has 1 N–H and O–H groups in total. The maximum absolute atomic E-state index is 6.07. The molecule has 0 radical (unpaired) electrons. The van der Waals surface area contributed by atoms with E-state index in [-0.39, 0.29) is 6.04 Å². The summed E-state index contributed by atoms with van der Waals surface area (Å²) in [6.45, 7) is 4.32. The molecule has 0 saturated heterocycles. The topological polar surface area (TPSA) is 24.9 Å². The molecule has 2 aromatic rings. The Labute approximate surface area is 143 Å². The van der Waals surface area contributed by atoms with Crippen LogP contribution in [-0.2, 0) is 6.42 Å². The Balaban J connectivity index is 1.99. The van der Waals surface area contributed by atoms with Crippen LogP contribution in [0.5, 0.6) is 0 Å². The molecule has 0 spiro atoms. The van der Waals surface area contributed by atoms with Gasteiger partial charge in [-0.25, -0.2) is 4.98 Å². The van der Waals surface area contributed by atoms with Gasteiger partial charge in [0, 0.05) is 20.4 Å². The number of halogens is 2. The van der Waals surface area contributed by atoms with Crippen LogP contribution < -0.4 is 5.32 Å². The van der Waals surface area contributed by atoms with Gasteiger partial charge in [0.05, 0.1) is 11.7 Å². The lowest BCUT2D eigenvalue weighted by molar-refractivity contribution is 0.595. The van der Waals surface area contributed by atoms with Crippen LogP contribution in [0.2, 0.25) is 5.02 Å². The molecule has 1 heterocycles. The van der Waals surface area contributed by atoms with E-state index in [0.29, 0.717) is 6.04 Å². The standard InChI is InChI=1S/C16H18BrClN2S/c1-3-14-9(2)21-16(20-14)15(19-11-5-6-11)12-7-4-10(18)8-13(12)17/h4,7-8,11,15,19H,3,5-6H2,1-2H3. The van der Waals surface area contributed by atoms with Crippen LogP contribution in [0.25, 0.3) is 0 Å². The zero-order valence-corrected chi connectivity index (χ0v) is 15.3. The molecule has 1 atom stereocenters. The Hall–Kier alpha value is -0.420. The molecule has 0 aliphatic heterocycles. The Morgan fingerprint density at radius 1 is 1.48 bits per heavy atom. The van der Waals surface area contributed by atoms with Gasteiger partial charge < -0.3 is 5.32 Å². The molecular formula is C16H18BrClN2S. The molecular weight excluding hydrogens is 368 g/mol. The van der Waals surface area contributed by atoms with Gasteiger partial charge in [-0.3, -0.25) is 0 Å². The molecule has 1 aliphatic carbocycles. The van der Waals surface area contributed by atoms with E-state index in [1.165, 1.54) is 29.0 Å². The third-order valence-electron chi connectivity index (χ3n) is 3.74. The predicted molar refractivity (Wildman–Crippen MR) is 93.4 cm³/mol. The summed E-state index contributed by atoms with van der Waals surface area (Å²) in [5.41, 5.74) is 2.42. The first-order chi connectivity index (χ1) is 10.1. The summed E-state index contributed by atoms with van der Waals surface area (Å²) in [6, 6.07) is 6.76. The number of nitrogens with zero attached hydrogens (tertiary/aromatic N) is 1. The number of nitrogens with one attached hydrogen (secondary N) is 1. The largest absolute Gasteiger partial charge is 0.301 e. The highest BCUT2D eigenvalue weighted by Crippen LogP contribution is 2.36. The molecule has 0 amide bonds. The minimum absolute atomic E-state index is 0.146. The minimum atomic E-state index is 0.146. The number of aromatic nitrogens is 1. The second-order valence-electron chi connectivity index (χ2n) is 5.45. The van der Waals surface area contributed by atoms with E-state index < -0.39 is 0 Å². The quantitative estimate of drug-likeness (QED) is 0.758. The van der Waals surface area contributed by atoms with Gasteiger partial charge in [0.1, 0.15) is 5.01 Å². The number of hydrogen-bond donors (Lipinski definition) is 1. The average Bonchev–Trinajstić information content (AvgIpc) is 3.18. The van der Waals surface area contributed by atoms with Crippen molar-refractivity contribution in [1.82, 2.24) is 10.3 Å². The fraction of sp³-hybridized carbons (Fsp3) is 0.438. The van der Waals surface area contributed by atoms with Gasteiger partial charge >= 0.3 is 0 Å². The Morgan fingerprint density at radius 2 is 2.24 bits per heavy atom. The number of thiazole rings is 1. The highest BCUT2D eigenvalue weighted by Gasteiger charge is 2.29. The van der Waals surface area contributed by atoms with Crippen molar-refractivity contribution in [3.05, 3.63) is 48.8 Å². The molecule has 1 aromatic heterocycles. The van der Waals surface area contributed by atoms with Gasteiger partial charge in [-0.15, -0.1) is 11.3 Å². The average molecular weight is 386 g/mol. The molecule has 1 unspecified atom stereocenters. The minimum Gasteiger partial charge on any atom is -0.301 e. The SMILES string of the molecule is CCc1nc(C(NC2CC2)c2ccc(Cl)cc2Br)sc1C. The van der Waals surface area contributed by atoms with Crippen molar-refractivity contribution in [2.45, 2.75) is 45.2 Å². The van der Waals surface area contributed by atoms with E-state index in [9.17, 15) is 0 Å². The highest BCUT2D eigenvalue weighted by molar-refractivity contribution is 9.10. The van der Waals surface area contributed by atoms with Crippen LogP contribution in [0.4, 0.5) is 0 Å². The third kappa shape index (κ3) is 3.50. The summed E-state index contributed by atoms with van der Waals surface area (Å²) >= 11 is 11.5. The van der Waals surface area contributed by atoms with Crippen LogP contribution in [0, 0.1) is 6.92 Å². The van der Waals surface area contributed by atoms with Crippen LogP contribution in [0.15, 0.2) is 22.7 Å². The summed E-state index contributed by atoms with van der Waals surface area (Å²) in [4.78, 5) is 6.17. The van der Waals surface area contributed by atoms with Crippen molar-refractivity contribution in [2.24, 2.45) is 0 Å². The maximum Gasteiger partial charge on any atom is 0.115 e. The number of aryl methyl sites for hydroxylation is 2. The molecule has 1 aliphatic rings. The first kappa shape index (κ1) is 15.5.